The Labute approximate surface area is 257 Å². The van der Waals surface area contributed by atoms with Crippen LogP contribution < -0.4 is 44.9 Å². The minimum Gasteiger partial charge on any atom is -1.00 e. The highest BCUT2D eigenvalue weighted by Gasteiger charge is 2.12. The van der Waals surface area contributed by atoms with Crippen LogP contribution >= 0.6 is 0 Å². The number of ether oxygens (including phenoxy) is 2. The van der Waals surface area contributed by atoms with E-state index in [-0.39, 0.29) is 36.9 Å². The van der Waals surface area contributed by atoms with E-state index in [9.17, 15) is 0 Å². The van der Waals surface area contributed by atoms with E-state index < -0.39 is 0 Å². The van der Waals surface area contributed by atoms with E-state index in [0.717, 1.165) is 42.1 Å². The molecular formula is C35H38Cl2N2O2-2. The lowest BCUT2D eigenvalue weighted by Crippen LogP contribution is -3.00. The molecule has 2 unspecified atom stereocenters. The Kier molecular flexibility index (Phi) is 13.9. The summed E-state index contributed by atoms with van der Waals surface area (Å²) >= 11 is 0. The SMILES string of the molecule is C=CCC(Nc1ccc(Cc2ccc(NC(CC=C)c3ccc(OC)cc3)cc2)cc1)c1ccc(OC)cc1.[Cl-].[Cl-]. The standard InChI is InChI=1S/C35H38N2O2.2ClH/c1-5-7-34(28-13-21-32(38-3)22-14-28)36-30-17-9-26(10-18-30)25-27-11-19-31(20-12-27)37-35(8-6-2)29-15-23-33(39-4)24-16-29;;/h5-6,9-24,34-37H,1-2,7-8,25H2,3-4H3;2*1H/p-2. The van der Waals surface area contributed by atoms with Crippen LogP contribution in [0.3, 0.4) is 0 Å². The van der Waals surface area contributed by atoms with Gasteiger partial charge < -0.3 is 44.9 Å². The number of nitrogens with one attached hydrogen (secondary N) is 2. The lowest BCUT2D eigenvalue weighted by atomic mass is 10.0. The van der Waals surface area contributed by atoms with Gasteiger partial charge in [-0.15, -0.1) is 13.2 Å². The molecule has 0 radical (unpaired) electrons. The van der Waals surface area contributed by atoms with Crippen LogP contribution in [0.1, 0.15) is 47.2 Å². The first-order valence-electron chi connectivity index (χ1n) is 13.3. The summed E-state index contributed by atoms with van der Waals surface area (Å²) in [6, 6.07) is 34.1. The Balaban J connectivity index is 0.00000294. The zero-order chi connectivity index (χ0) is 27.5. The minimum absolute atomic E-state index is 0. The predicted molar refractivity (Wildman–Crippen MR) is 164 cm³/mol. The van der Waals surface area contributed by atoms with Crippen molar-refractivity contribution in [2.24, 2.45) is 0 Å². The summed E-state index contributed by atoms with van der Waals surface area (Å²) in [5, 5.41) is 7.29. The van der Waals surface area contributed by atoms with E-state index >= 15 is 0 Å². The van der Waals surface area contributed by atoms with Gasteiger partial charge in [-0.2, -0.15) is 0 Å². The van der Waals surface area contributed by atoms with Crippen molar-refractivity contribution in [3.8, 4) is 11.5 Å². The Hall–Kier alpha value is -3.86. The van der Waals surface area contributed by atoms with Crippen LogP contribution in [-0.4, -0.2) is 14.2 Å². The van der Waals surface area contributed by atoms with Crippen molar-refractivity contribution in [3.63, 3.8) is 0 Å². The minimum atomic E-state index is 0. The molecule has 2 atom stereocenters. The normalized spacial score (nSPS) is 11.6. The molecule has 4 nitrogen and oxygen atoms in total. The summed E-state index contributed by atoms with van der Waals surface area (Å²) in [5.74, 6) is 1.72. The topological polar surface area (TPSA) is 42.5 Å². The summed E-state index contributed by atoms with van der Waals surface area (Å²) in [6.07, 6.45) is 6.45. The molecule has 0 fully saturated rings. The molecule has 4 aromatic carbocycles. The molecule has 4 rings (SSSR count). The molecule has 0 aliphatic rings. The van der Waals surface area contributed by atoms with Gasteiger partial charge >= 0.3 is 0 Å². The highest BCUT2D eigenvalue weighted by molar-refractivity contribution is 5.50. The summed E-state index contributed by atoms with van der Waals surface area (Å²) < 4.78 is 10.6. The third-order valence-corrected chi connectivity index (χ3v) is 6.84. The molecule has 0 saturated carbocycles. The van der Waals surface area contributed by atoms with Crippen LogP contribution in [0.15, 0.2) is 122 Å². The molecule has 4 aromatic rings. The summed E-state index contributed by atoms with van der Waals surface area (Å²) in [6.45, 7) is 7.87. The third-order valence-electron chi connectivity index (χ3n) is 6.84. The average Bonchev–Trinajstić information content (AvgIpc) is 2.99. The van der Waals surface area contributed by atoms with Crippen LogP contribution in [-0.2, 0) is 6.42 Å². The zero-order valence-electron chi connectivity index (χ0n) is 23.7. The first-order chi connectivity index (χ1) is 19.1. The number of anilines is 2. The lowest BCUT2D eigenvalue weighted by Gasteiger charge is -2.20. The highest BCUT2D eigenvalue weighted by atomic mass is 35.5. The van der Waals surface area contributed by atoms with Gasteiger partial charge in [0.2, 0.25) is 0 Å². The summed E-state index contributed by atoms with van der Waals surface area (Å²) in [7, 11) is 3.37. The molecular weight excluding hydrogens is 551 g/mol. The largest absolute Gasteiger partial charge is 1.00 e. The summed E-state index contributed by atoms with van der Waals surface area (Å²) in [4.78, 5) is 0. The van der Waals surface area contributed by atoms with Gasteiger partial charge in [0.05, 0.1) is 26.3 Å². The van der Waals surface area contributed by atoms with E-state index in [2.05, 4.69) is 96.6 Å². The van der Waals surface area contributed by atoms with Crippen LogP contribution in [0, 0.1) is 0 Å². The van der Waals surface area contributed by atoms with Crippen molar-refractivity contribution < 1.29 is 34.3 Å². The van der Waals surface area contributed by atoms with E-state index in [4.69, 9.17) is 9.47 Å². The lowest BCUT2D eigenvalue weighted by molar-refractivity contribution is -0.00100. The van der Waals surface area contributed by atoms with Gasteiger partial charge in [-0.1, -0.05) is 60.7 Å². The van der Waals surface area contributed by atoms with Crippen molar-refractivity contribution in [1.29, 1.82) is 0 Å². The maximum absolute atomic E-state index is 5.30. The molecule has 216 valence electrons. The fraction of sp³-hybridized carbons (Fsp3) is 0.200. The van der Waals surface area contributed by atoms with E-state index in [1.54, 1.807) is 14.2 Å². The van der Waals surface area contributed by atoms with Crippen molar-refractivity contribution in [3.05, 3.63) is 145 Å². The quantitative estimate of drug-likeness (QED) is 0.222. The number of hydrogen-bond donors (Lipinski definition) is 2. The maximum atomic E-state index is 5.30. The molecule has 2 N–H and O–H groups in total. The molecule has 0 amide bonds. The van der Waals surface area contributed by atoms with Gasteiger partial charge in [-0.25, -0.2) is 0 Å². The first-order valence-corrected chi connectivity index (χ1v) is 13.3. The second-order valence-corrected chi connectivity index (χ2v) is 9.56. The molecule has 6 heteroatoms. The molecule has 0 aliphatic carbocycles. The summed E-state index contributed by atoms with van der Waals surface area (Å²) in [5.41, 5.74) is 7.13. The van der Waals surface area contributed by atoms with Crippen LogP contribution in [0.5, 0.6) is 11.5 Å². The van der Waals surface area contributed by atoms with Crippen molar-refractivity contribution >= 4 is 11.4 Å². The zero-order valence-corrected chi connectivity index (χ0v) is 25.2. The average molecular weight is 590 g/mol. The Morgan fingerprint density at radius 3 is 1.20 bits per heavy atom. The number of halogens is 2. The van der Waals surface area contributed by atoms with Crippen LogP contribution in [0.2, 0.25) is 0 Å². The van der Waals surface area contributed by atoms with Crippen molar-refractivity contribution in [2.75, 3.05) is 24.9 Å². The number of rotatable bonds is 14. The molecule has 0 spiro atoms. The monoisotopic (exact) mass is 588 g/mol. The molecule has 0 saturated heterocycles. The van der Waals surface area contributed by atoms with Gasteiger partial charge in [0.25, 0.3) is 0 Å². The third kappa shape index (κ3) is 9.63. The Bertz CT molecular complexity index is 1220. The first kappa shape index (κ1) is 33.3. The smallest absolute Gasteiger partial charge is 0.118 e. The van der Waals surface area contributed by atoms with Gasteiger partial charge in [0.1, 0.15) is 11.5 Å². The fourth-order valence-corrected chi connectivity index (χ4v) is 4.64. The van der Waals surface area contributed by atoms with E-state index in [1.165, 1.54) is 22.3 Å². The molecule has 0 bridgehead atoms. The van der Waals surface area contributed by atoms with Gasteiger partial charge in [0, 0.05) is 11.4 Å². The number of methoxy groups -OCH3 is 2. The van der Waals surface area contributed by atoms with Crippen molar-refractivity contribution in [2.45, 2.75) is 31.3 Å². The Morgan fingerprint density at radius 1 is 0.561 bits per heavy atom. The van der Waals surface area contributed by atoms with Crippen LogP contribution in [0.4, 0.5) is 11.4 Å². The second-order valence-electron chi connectivity index (χ2n) is 9.56. The van der Waals surface area contributed by atoms with E-state index in [1.807, 2.05) is 36.4 Å². The number of hydrogen-bond acceptors (Lipinski definition) is 4. The molecule has 0 aliphatic heterocycles. The molecule has 41 heavy (non-hydrogen) atoms. The van der Waals surface area contributed by atoms with E-state index in [0.29, 0.717) is 0 Å². The second kappa shape index (κ2) is 17.1. The van der Waals surface area contributed by atoms with Gasteiger partial charge in [-0.3, -0.25) is 0 Å². The number of benzene rings is 4. The maximum Gasteiger partial charge on any atom is 0.118 e. The Morgan fingerprint density at radius 2 is 0.902 bits per heavy atom. The van der Waals surface area contributed by atoms with Crippen LogP contribution in [0.25, 0.3) is 0 Å². The van der Waals surface area contributed by atoms with Gasteiger partial charge in [0.15, 0.2) is 0 Å². The van der Waals surface area contributed by atoms with Gasteiger partial charge in [-0.05, 0) is 90.0 Å². The molecule has 0 aromatic heterocycles. The highest BCUT2D eigenvalue weighted by Crippen LogP contribution is 2.27. The predicted octanol–water partition coefficient (Wildman–Crippen LogP) is 2.76. The fourth-order valence-electron chi connectivity index (χ4n) is 4.64. The van der Waals surface area contributed by atoms with Crippen molar-refractivity contribution in [1.82, 2.24) is 0 Å². The molecule has 0 heterocycles.